The maximum atomic E-state index is 12.3. The fourth-order valence-electron chi connectivity index (χ4n) is 3.90. The fraction of sp³-hybridized carbons (Fsp3) is 0.550. The first-order valence-corrected chi connectivity index (χ1v) is 8.70. The van der Waals surface area contributed by atoms with Crippen molar-refractivity contribution in [2.24, 2.45) is 11.3 Å². The number of ether oxygens (including phenoxy) is 2. The van der Waals surface area contributed by atoms with Gasteiger partial charge in [0.25, 0.3) is 0 Å². The number of cyclic esters (lactones) is 1. The van der Waals surface area contributed by atoms with Crippen LogP contribution in [-0.2, 0) is 16.0 Å². The lowest BCUT2D eigenvalue weighted by Gasteiger charge is -2.24. The van der Waals surface area contributed by atoms with Crippen molar-refractivity contribution in [2.45, 2.75) is 25.7 Å². The normalized spacial score (nSPS) is 25.9. The van der Waals surface area contributed by atoms with Crippen molar-refractivity contribution in [3.8, 4) is 5.75 Å². The Morgan fingerprint density at radius 1 is 1.33 bits per heavy atom. The maximum Gasteiger partial charge on any atom is 0.313 e. The second kappa shape index (κ2) is 6.98. The number of allylic oxidation sites excluding steroid dienone is 1. The molecule has 1 aromatic carbocycles. The number of nitrogens with zero attached hydrogens (tertiary/aromatic N) is 1. The Morgan fingerprint density at radius 3 is 2.79 bits per heavy atom. The van der Waals surface area contributed by atoms with Crippen LogP contribution in [0.25, 0.3) is 0 Å². The topological polar surface area (TPSA) is 38.8 Å². The van der Waals surface area contributed by atoms with Crippen molar-refractivity contribution in [3.05, 3.63) is 42.0 Å². The minimum atomic E-state index is -0.384. The summed E-state index contributed by atoms with van der Waals surface area (Å²) in [6.07, 6.45) is 3.42. The van der Waals surface area contributed by atoms with Crippen LogP contribution in [0.2, 0.25) is 0 Å². The third-order valence-corrected chi connectivity index (χ3v) is 5.17. The second-order valence-electron chi connectivity index (χ2n) is 7.41. The molecule has 0 amide bonds. The smallest absolute Gasteiger partial charge is 0.313 e. The summed E-state index contributed by atoms with van der Waals surface area (Å²) in [5, 5.41) is 0. The van der Waals surface area contributed by atoms with Crippen LogP contribution in [0.4, 0.5) is 0 Å². The van der Waals surface area contributed by atoms with E-state index < -0.39 is 0 Å². The molecule has 3 rings (SSSR count). The molecule has 0 aromatic heterocycles. The molecule has 2 aliphatic rings. The van der Waals surface area contributed by atoms with Gasteiger partial charge in [0.1, 0.15) is 5.75 Å². The number of carbonyl (C=O) groups excluding carboxylic acids is 1. The molecule has 1 aliphatic heterocycles. The van der Waals surface area contributed by atoms with Crippen LogP contribution in [0, 0.1) is 11.3 Å². The van der Waals surface area contributed by atoms with Gasteiger partial charge >= 0.3 is 5.97 Å². The first kappa shape index (κ1) is 17.0. The van der Waals surface area contributed by atoms with Crippen molar-refractivity contribution >= 4 is 5.97 Å². The number of esters is 1. The van der Waals surface area contributed by atoms with E-state index in [1.54, 1.807) is 0 Å². The molecule has 1 aromatic rings. The largest absolute Gasteiger partial charge is 0.494 e. The van der Waals surface area contributed by atoms with Crippen LogP contribution in [0.3, 0.4) is 0 Å². The Hall–Kier alpha value is -1.81. The summed E-state index contributed by atoms with van der Waals surface area (Å²) in [6.45, 7) is 6.38. The van der Waals surface area contributed by atoms with Crippen molar-refractivity contribution < 1.29 is 14.3 Å². The zero-order valence-corrected chi connectivity index (χ0v) is 14.7. The summed E-state index contributed by atoms with van der Waals surface area (Å²) in [4.78, 5) is 14.5. The fourth-order valence-corrected chi connectivity index (χ4v) is 3.90. The van der Waals surface area contributed by atoms with E-state index in [0.29, 0.717) is 12.5 Å². The van der Waals surface area contributed by atoms with E-state index in [1.807, 2.05) is 12.1 Å². The van der Waals surface area contributed by atoms with Crippen molar-refractivity contribution in [3.63, 3.8) is 0 Å². The SMILES string of the molecule is C=C1CC2COC(=O)C2(Cc2ccc(OCCCN(C)C)cc2)C1. The lowest BCUT2D eigenvalue weighted by atomic mass is 9.75. The van der Waals surface area contributed by atoms with Gasteiger partial charge in [-0.3, -0.25) is 4.79 Å². The molecule has 4 heteroatoms. The average molecular weight is 329 g/mol. The van der Waals surface area contributed by atoms with Crippen LogP contribution >= 0.6 is 0 Å². The van der Waals surface area contributed by atoms with Crippen LogP contribution in [-0.4, -0.2) is 44.7 Å². The van der Waals surface area contributed by atoms with Gasteiger partial charge in [0, 0.05) is 12.5 Å². The summed E-state index contributed by atoms with van der Waals surface area (Å²) in [6, 6.07) is 8.14. The number of hydrogen-bond acceptors (Lipinski definition) is 4. The summed E-state index contributed by atoms with van der Waals surface area (Å²) in [7, 11) is 4.13. The molecular weight excluding hydrogens is 302 g/mol. The molecule has 0 spiro atoms. The van der Waals surface area contributed by atoms with Gasteiger partial charge in [0.15, 0.2) is 0 Å². The van der Waals surface area contributed by atoms with Crippen molar-refractivity contribution in [2.75, 3.05) is 33.9 Å². The first-order chi connectivity index (χ1) is 11.5. The standard InChI is InChI=1S/C20H27NO3/c1-15-11-17-14-24-19(22)20(17,12-15)13-16-5-7-18(8-6-16)23-10-4-9-21(2)3/h5-8,17H,1,4,9-14H2,2-3H3. The van der Waals surface area contributed by atoms with Crippen LogP contribution in [0.1, 0.15) is 24.8 Å². The molecule has 0 N–H and O–H groups in total. The quantitative estimate of drug-likeness (QED) is 0.438. The highest BCUT2D eigenvalue weighted by atomic mass is 16.5. The van der Waals surface area contributed by atoms with Crippen LogP contribution in [0.15, 0.2) is 36.4 Å². The third kappa shape index (κ3) is 3.48. The van der Waals surface area contributed by atoms with Gasteiger partial charge < -0.3 is 14.4 Å². The molecule has 1 saturated heterocycles. The Morgan fingerprint density at radius 2 is 2.08 bits per heavy atom. The van der Waals surface area contributed by atoms with Crippen molar-refractivity contribution in [1.82, 2.24) is 4.90 Å². The Kier molecular flexibility index (Phi) is 4.95. The summed E-state index contributed by atoms with van der Waals surface area (Å²) in [5.41, 5.74) is 1.96. The van der Waals surface area contributed by atoms with Gasteiger partial charge in [-0.1, -0.05) is 24.3 Å². The predicted octanol–water partition coefficient (Wildman–Crippen LogP) is 3.07. The highest BCUT2D eigenvalue weighted by Gasteiger charge is 2.55. The predicted molar refractivity (Wildman–Crippen MR) is 94.1 cm³/mol. The molecule has 130 valence electrons. The van der Waals surface area contributed by atoms with Gasteiger partial charge in [-0.25, -0.2) is 0 Å². The molecule has 2 unspecified atom stereocenters. The van der Waals surface area contributed by atoms with E-state index in [2.05, 4.69) is 37.7 Å². The lowest BCUT2D eigenvalue weighted by Crippen LogP contribution is -2.31. The third-order valence-electron chi connectivity index (χ3n) is 5.17. The number of benzene rings is 1. The maximum absolute atomic E-state index is 12.3. The van der Waals surface area contributed by atoms with Gasteiger partial charge in [-0.2, -0.15) is 0 Å². The van der Waals surface area contributed by atoms with E-state index in [4.69, 9.17) is 9.47 Å². The second-order valence-corrected chi connectivity index (χ2v) is 7.41. The number of fused-ring (bicyclic) bond motifs is 1. The van der Waals surface area contributed by atoms with Crippen LogP contribution < -0.4 is 4.74 Å². The van der Waals surface area contributed by atoms with Crippen LogP contribution in [0.5, 0.6) is 5.75 Å². The minimum absolute atomic E-state index is 0.0461. The Balaban J connectivity index is 1.60. The first-order valence-electron chi connectivity index (χ1n) is 8.70. The van der Waals surface area contributed by atoms with Gasteiger partial charge in [0.2, 0.25) is 0 Å². The molecule has 24 heavy (non-hydrogen) atoms. The summed E-state index contributed by atoms with van der Waals surface area (Å²) < 4.78 is 11.1. The zero-order valence-electron chi connectivity index (χ0n) is 14.7. The molecule has 1 saturated carbocycles. The molecular formula is C20H27NO3. The number of rotatable bonds is 7. The van der Waals surface area contributed by atoms with E-state index >= 15 is 0 Å². The molecule has 1 aliphatic carbocycles. The monoisotopic (exact) mass is 329 g/mol. The molecule has 1 heterocycles. The highest BCUT2D eigenvalue weighted by molar-refractivity contribution is 5.81. The molecule has 2 atom stereocenters. The molecule has 0 radical (unpaired) electrons. The minimum Gasteiger partial charge on any atom is -0.494 e. The van der Waals surface area contributed by atoms with Gasteiger partial charge in [-0.15, -0.1) is 0 Å². The number of hydrogen-bond donors (Lipinski definition) is 0. The van der Waals surface area contributed by atoms with Gasteiger partial charge in [0.05, 0.1) is 18.6 Å². The molecule has 4 nitrogen and oxygen atoms in total. The average Bonchev–Trinajstić information content (AvgIpc) is 3.00. The van der Waals surface area contributed by atoms with Crippen molar-refractivity contribution in [1.29, 1.82) is 0 Å². The lowest BCUT2D eigenvalue weighted by molar-refractivity contribution is -0.146. The molecule has 0 bridgehead atoms. The van der Waals surface area contributed by atoms with E-state index in [1.165, 1.54) is 5.57 Å². The summed E-state index contributed by atoms with van der Waals surface area (Å²) >= 11 is 0. The van der Waals surface area contributed by atoms with Gasteiger partial charge in [-0.05, 0) is 57.5 Å². The highest BCUT2D eigenvalue weighted by Crippen LogP contribution is 2.52. The number of carbonyl (C=O) groups is 1. The summed E-state index contributed by atoms with van der Waals surface area (Å²) in [5.74, 6) is 1.13. The Bertz CT molecular complexity index is 608. The van der Waals surface area contributed by atoms with E-state index in [-0.39, 0.29) is 11.4 Å². The van der Waals surface area contributed by atoms with E-state index in [0.717, 1.165) is 50.1 Å². The zero-order chi connectivity index (χ0) is 17.2. The Labute approximate surface area is 144 Å². The van der Waals surface area contributed by atoms with E-state index in [9.17, 15) is 4.79 Å². The molecule has 2 fully saturated rings.